The van der Waals surface area contributed by atoms with E-state index < -0.39 is 10.0 Å². The van der Waals surface area contributed by atoms with Gasteiger partial charge in [0.25, 0.3) is 5.91 Å². The number of rotatable bonds is 9. The number of carbonyl (C=O) groups is 1. The quantitative estimate of drug-likeness (QED) is 0.654. The van der Waals surface area contributed by atoms with E-state index in [0.29, 0.717) is 37.7 Å². The molecule has 1 saturated carbocycles. The zero-order valence-electron chi connectivity index (χ0n) is 16.0. The first-order valence-corrected chi connectivity index (χ1v) is 11.4. The SMILES string of the molecule is CC1CCN(S(=O)(=O)c2ccc(C(=O)NCCCOCC3CC3)cc2)CC1. The first kappa shape index (κ1) is 20.3. The molecule has 1 amide bonds. The van der Waals surface area contributed by atoms with E-state index in [0.717, 1.165) is 31.8 Å². The molecule has 1 heterocycles. The molecule has 0 spiro atoms. The van der Waals surface area contributed by atoms with Gasteiger partial charge in [-0.05, 0) is 68.2 Å². The van der Waals surface area contributed by atoms with E-state index >= 15 is 0 Å². The molecule has 0 aromatic heterocycles. The first-order chi connectivity index (χ1) is 13.0. The lowest BCUT2D eigenvalue weighted by molar-refractivity contribution is 0.0937. The van der Waals surface area contributed by atoms with Gasteiger partial charge in [0.15, 0.2) is 0 Å². The molecule has 0 unspecified atom stereocenters. The van der Waals surface area contributed by atoms with Crippen LogP contribution in [-0.2, 0) is 14.8 Å². The maximum Gasteiger partial charge on any atom is 0.251 e. The summed E-state index contributed by atoms with van der Waals surface area (Å²) in [6.45, 7) is 5.32. The van der Waals surface area contributed by atoms with Gasteiger partial charge in [-0.15, -0.1) is 0 Å². The molecular formula is C20H30N2O4S. The largest absolute Gasteiger partial charge is 0.381 e. The minimum absolute atomic E-state index is 0.187. The van der Waals surface area contributed by atoms with Gasteiger partial charge in [0.05, 0.1) is 4.90 Å². The van der Waals surface area contributed by atoms with E-state index in [2.05, 4.69) is 12.2 Å². The van der Waals surface area contributed by atoms with Gasteiger partial charge >= 0.3 is 0 Å². The van der Waals surface area contributed by atoms with Crippen LogP contribution in [0.3, 0.4) is 0 Å². The second-order valence-electron chi connectivity index (χ2n) is 7.74. The lowest BCUT2D eigenvalue weighted by Crippen LogP contribution is -2.37. The summed E-state index contributed by atoms with van der Waals surface area (Å²) in [5.74, 6) is 1.14. The molecule has 1 aromatic rings. The molecule has 2 fully saturated rings. The van der Waals surface area contributed by atoms with Crippen LogP contribution >= 0.6 is 0 Å². The van der Waals surface area contributed by atoms with Crippen molar-refractivity contribution in [2.75, 3.05) is 32.8 Å². The van der Waals surface area contributed by atoms with Crippen molar-refractivity contribution in [1.82, 2.24) is 9.62 Å². The molecule has 0 atom stereocenters. The smallest absolute Gasteiger partial charge is 0.251 e. The summed E-state index contributed by atoms with van der Waals surface area (Å²) >= 11 is 0. The Morgan fingerprint density at radius 2 is 1.81 bits per heavy atom. The Bertz CT molecular complexity index is 721. The van der Waals surface area contributed by atoms with Crippen LogP contribution < -0.4 is 5.32 Å². The van der Waals surface area contributed by atoms with Gasteiger partial charge in [0.1, 0.15) is 0 Å². The van der Waals surface area contributed by atoms with Gasteiger partial charge in [-0.1, -0.05) is 6.92 Å². The van der Waals surface area contributed by atoms with Crippen molar-refractivity contribution < 1.29 is 17.9 Å². The molecule has 7 heteroatoms. The first-order valence-electron chi connectivity index (χ1n) is 9.93. The minimum Gasteiger partial charge on any atom is -0.381 e. The Labute approximate surface area is 162 Å². The molecule has 27 heavy (non-hydrogen) atoms. The topological polar surface area (TPSA) is 75.7 Å². The van der Waals surface area contributed by atoms with Gasteiger partial charge in [0.2, 0.25) is 10.0 Å². The molecule has 6 nitrogen and oxygen atoms in total. The fourth-order valence-electron chi connectivity index (χ4n) is 3.17. The molecule has 3 rings (SSSR count). The van der Waals surface area contributed by atoms with E-state index in [1.54, 1.807) is 16.4 Å². The van der Waals surface area contributed by atoms with E-state index in [1.807, 2.05) is 0 Å². The van der Waals surface area contributed by atoms with Crippen LogP contribution in [-0.4, -0.2) is 51.5 Å². The highest BCUT2D eigenvalue weighted by molar-refractivity contribution is 7.89. The van der Waals surface area contributed by atoms with E-state index in [-0.39, 0.29) is 10.8 Å². The van der Waals surface area contributed by atoms with Crippen molar-refractivity contribution in [3.8, 4) is 0 Å². The van der Waals surface area contributed by atoms with Crippen molar-refractivity contribution in [2.24, 2.45) is 11.8 Å². The van der Waals surface area contributed by atoms with Gasteiger partial charge in [-0.25, -0.2) is 8.42 Å². The normalized spacial score (nSPS) is 19.1. The summed E-state index contributed by atoms with van der Waals surface area (Å²) in [7, 11) is -3.47. The number of ether oxygens (including phenoxy) is 1. The Kier molecular flexibility index (Phi) is 6.89. The molecule has 2 aliphatic rings. The number of hydrogen-bond donors (Lipinski definition) is 1. The number of benzene rings is 1. The Morgan fingerprint density at radius 3 is 2.44 bits per heavy atom. The van der Waals surface area contributed by atoms with E-state index in [4.69, 9.17) is 4.74 Å². The molecule has 1 aromatic carbocycles. The molecule has 150 valence electrons. The second kappa shape index (κ2) is 9.17. The highest BCUT2D eigenvalue weighted by atomic mass is 32.2. The van der Waals surface area contributed by atoms with Crippen LogP contribution in [0.25, 0.3) is 0 Å². The monoisotopic (exact) mass is 394 g/mol. The molecular weight excluding hydrogens is 364 g/mol. The number of sulfonamides is 1. The Hall–Kier alpha value is -1.44. The number of piperidine rings is 1. The third kappa shape index (κ3) is 5.77. The summed E-state index contributed by atoms with van der Waals surface area (Å²) in [4.78, 5) is 12.4. The predicted octanol–water partition coefficient (Wildman–Crippen LogP) is 2.65. The number of nitrogens with one attached hydrogen (secondary N) is 1. The standard InChI is InChI=1S/C20H30N2O4S/c1-16-9-12-22(13-10-16)27(24,25)19-7-5-18(6-8-19)20(23)21-11-2-14-26-15-17-3-4-17/h5-8,16-17H,2-4,9-15H2,1H3,(H,21,23). The van der Waals surface area contributed by atoms with Crippen molar-refractivity contribution >= 4 is 15.9 Å². The Morgan fingerprint density at radius 1 is 1.15 bits per heavy atom. The van der Waals surface area contributed by atoms with Crippen LogP contribution in [0, 0.1) is 11.8 Å². The van der Waals surface area contributed by atoms with Crippen LogP contribution in [0.4, 0.5) is 0 Å². The summed E-state index contributed by atoms with van der Waals surface area (Å²) in [6, 6.07) is 6.22. The molecule has 0 bridgehead atoms. The van der Waals surface area contributed by atoms with Crippen molar-refractivity contribution in [3.05, 3.63) is 29.8 Å². The Balaban J connectivity index is 1.46. The van der Waals surface area contributed by atoms with Crippen molar-refractivity contribution in [1.29, 1.82) is 0 Å². The highest BCUT2D eigenvalue weighted by Crippen LogP contribution is 2.28. The molecule has 1 saturated heterocycles. The fraction of sp³-hybridized carbons (Fsp3) is 0.650. The number of amides is 1. The average Bonchev–Trinajstić information content (AvgIpc) is 3.49. The maximum atomic E-state index is 12.7. The minimum atomic E-state index is -3.47. The van der Waals surface area contributed by atoms with Gasteiger partial charge in [0, 0.05) is 38.4 Å². The molecule has 1 aliphatic carbocycles. The third-order valence-electron chi connectivity index (χ3n) is 5.30. The lowest BCUT2D eigenvalue weighted by atomic mass is 10.0. The average molecular weight is 395 g/mol. The summed E-state index contributed by atoms with van der Waals surface area (Å²) < 4.78 is 32.5. The van der Waals surface area contributed by atoms with E-state index in [1.165, 1.54) is 25.0 Å². The van der Waals surface area contributed by atoms with Crippen LogP contribution in [0.15, 0.2) is 29.2 Å². The zero-order valence-corrected chi connectivity index (χ0v) is 16.8. The predicted molar refractivity (Wildman–Crippen MR) is 104 cm³/mol. The zero-order chi connectivity index (χ0) is 19.3. The van der Waals surface area contributed by atoms with Crippen LogP contribution in [0.5, 0.6) is 0 Å². The molecule has 0 radical (unpaired) electrons. The van der Waals surface area contributed by atoms with Crippen LogP contribution in [0.1, 0.15) is 49.4 Å². The number of carbonyl (C=O) groups excluding carboxylic acids is 1. The van der Waals surface area contributed by atoms with Crippen LogP contribution in [0.2, 0.25) is 0 Å². The van der Waals surface area contributed by atoms with Gasteiger partial charge < -0.3 is 10.1 Å². The summed E-state index contributed by atoms with van der Waals surface area (Å²) in [5, 5.41) is 2.85. The number of hydrogen-bond acceptors (Lipinski definition) is 4. The second-order valence-corrected chi connectivity index (χ2v) is 9.68. The highest BCUT2D eigenvalue weighted by Gasteiger charge is 2.28. The van der Waals surface area contributed by atoms with E-state index in [9.17, 15) is 13.2 Å². The fourth-order valence-corrected chi connectivity index (χ4v) is 4.64. The third-order valence-corrected chi connectivity index (χ3v) is 7.21. The maximum absolute atomic E-state index is 12.7. The lowest BCUT2D eigenvalue weighted by Gasteiger charge is -2.29. The van der Waals surface area contributed by atoms with Crippen molar-refractivity contribution in [2.45, 2.75) is 43.9 Å². The number of nitrogens with zero attached hydrogens (tertiary/aromatic N) is 1. The van der Waals surface area contributed by atoms with Gasteiger partial charge in [-0.3, -0.25) is 4.79 Å². The summed E-state index contributed by atoms with van der Waals surface area (Å²) in [5.41, 5.74) is 0.472. The summed E-state index contributed by atoms with van der Waals surface area (Å²) in [6.07, 6.45) is 5.12. The molecule has 1 N–H and O–H groups in total. The van der Waals surface area contributed by atoms with Gasteiger partial charge in [-0.2, -0.15) is 4.31 Å². The van der Waals surface area contributed by atoms with Crippen molar-refractivity contribution in [3.63, 3.8) is 0 Å². The molecule has 1 aliphatic heterocycles.